The summed E-state index contributed by atoms with van der Waals surface area (Å²) in [4.78, 5) is 0. The van der Waals surface area contributed by atoms with Crippen LogP contribution in [0, 0.1) is 34.8 Å². The van der Waals surface area contributed by atoms with Crippen LogP contribution < -0.4 is 9.47 Å². The Morgan fingerprint density at radius 1 is 0.696 bits per heavy atom. The summed E-state index contributed by atoms with van der Waals surface area (Å²) in [6, 6.07) is 8.62. The Balaban J connectivity index is 1.85. The molecule has 4 heteroatoms. The molecule has 0 aliphatic carbocycles. The zero-order chi connectivity index (χ0) is 17.0. The normalized spacial score (nSPS) is 10.7. The third kappa shape index (κ3) is 5.24. The van der Waals surface area contributed by atoms with E-state index in [-0.39, 0.29) is 0 Å². The molecule has 0 spiro atoms. The number of hydrogen-bond acceptors (Lipinski definition) is 2. The Morgan fingerprint density at radius 2 is 1.09 bits per heavy atom. The minimum Gasteiger partial charge on any atom is -0.492 e. The van der Waals surface area contributed by atoms with Crippen molar-refractivity contribution in [1.29, 1.82) is 0 Å². The van der Waals surface area contributed by atoms with E-state index in [4.69, 9.17) is 9.47 Å². The molecule has 0 radical (unpaired) electrons. The Labute approximate surface area is 166 Å². The molecule has 0 amide bonds. The van der Waals surface area contributed by atoms with E-state index in [0.717, 1.165) is 17.9 Å². The largest absolute Gasteiger partial charge is 0.492 e. The van der Waals surface area contributed by atoms with Crippen molar-refractivity contribution in [1.82, 2.24) is 0 Å². The molecule has 2 aromatic rings. The summed E-state index contributed by atoms with van der Waals surface area (Å²) in [5.74, 6) is 1.99. The molecule has 0 aromatic heterocycles. The van der Waals surface area contributed by atoms with Gasteiger partial charge in [-0.3, -0.25) is 0 Å². The summed E-state index contributed by atoms with van der Waals surface area (Å²) < 4.78 is 14.2. The second kappa shape index (κ2) is 8.55. The zero-order valence-corrected chi connectivity index (χ0v) is 18.3. The summed E-state index contributed by atoms with van der Waals surface area (Å²) in [6.07, 6.45) is 0.868. The smallest absolute Gasteiger partial charge is 0.135 e. The van der Waals surface area contributed by atoms with Gasteiger partial charge < -0.3 is 9.47 Å². The maximum atomic E-state index is 5.95. The lowest BCUT2D eigenvalue weighted by Gasteiger charge is -2.14. The molecule has 0 unspecified atom stereocenters. The van der Waals surface area contributed by atoms with E-state index in [9.17, 15) is 0 Å². The minimum atomic E-state index is 0.668. The van der Waals surface area contributed by atoms with Gasteiger partial charge in [-0.15, -0.1) is 0 Å². The van der Waals surface area contributed by atoms with Crippen molar-refractivity contribution < 1.29 is 9.47 Å². The summed E-state index contributed by atoms with van der Waals surface area (Å²) in [6.45, 7) is 9.75. The third-order valence-corrected chi connectivity index (χ3v) is 5.13. The van der Waals surface area contributed by atoms with Crippen LogP contribution in [0.15, 0.2) is 24.3 Å². The molecule has 0 atom stereocenters. The van der Waals surface area contributed by atoms with E-state index in [1.165, 1.54) is 29.4 Å². The average Bonchev–Trinajstić information content (AvgIpc) is 2.42. The van der Waals surface area contributed by atoms with Gasteiger partial charge in [0.2, 0.25) is 0 Å². The highest BCUT2D eigenvalue weighted by Crippen LogP contribution is 2.28. The first kappa shape index (κ1) is 18.8. The molecule has 0 N–H and O–H groups in total. The highest BCUT2D eigenvalue weighted by molar-refractivity contribution is 14.1. The van der Waals surface area contributed by atoms with Crippen molar-refractivity contribution >= 4 is 45.2 Å². The van der Waals surface area contributed by atoms with Gasteiger partial charge in [0.25, 0.3) is 0 Å². The highest BCUT2D eigenvalue weighted by Gasteiger charge is 2.08. The topological polar surface area (TPSA) is 18.5 Å². The molecule has 0 saturated heterocycles. The fourth-order valence-electron chi connectivity index (χ4n) is 2.58. The van der Waals surface area contributed by atoms with Gasteiger partial charge in [0.1, 0.15) is 11.5 Å². The molecule has 2 rings (SSSR count). The maximum Gasteiger partial charge on any atom is 0.135 e. The van der Waals surface area contributed by atoms with Gasteiger partial charge in [-0.05, 0) is 107 Å². The Hall–Kier alpha value is -0.500. The molecule has 0 bridgehead atoms. The van der Waals surface area contributed by atoms with E-state index < -0.39 is 0 Å². The van der Waals surface area contributed by atoms with Crippen LogP contribution in [0.5, 0.6) is 11.5 Å². The molecule has 0 heterocycles. The second-order valence-electron chi connectivity index (χ2n) is 5.84. The standard InChI is InChI=1S/C19H22I2O2/c1-12-8-14(3)18(16(20)10-12)22-6-5-7-23-19-15(4)9-13(2)11-17(19)21/h8-11H,5-7H2,1-4H3. The first-order valence-electron chi connectivity index (χ1n) is 7.67. The van der Waals surface area contributed by atoms with Gasteiger partial charge in [-0.1, -0.05) is 12.1 Å². The van der Waals surface area contributed by atoms with Gasteiger partial charge in [-0.25, -0.2) is 0 Å². The Kier molecular flexibility index (Phi) is 7.00. The van der Waals surface area contributed by atoms with E-state index in [2.05, 4.69) is 97.1 Å². The molecule has 2 nitrogen and oxygen atoms in total. The molecule has 2 aromatic carbocycles. The van der Waals surface area contributed by atoms with Crippen LogP contribution in [0.1, 0.15) is 28.7 Å². The van der Waals surface area contributed by atoms with Crippen LogP contribution in [0.2, 0.25) is 0 Å². The second-order valence-corrected chi connectivity index (χ2v) is 8.16. The Bertz CT molecular complexity index is 590. The first-order valence-corrected chi connectivity index (χ1v) is 9.83. The summed E-state index contributed by atoms with van der Waals surface area (Å²) in [5.41, 5.74) is 4.93. The van der Waals surface area contributed by atoms with Crippen LogP contribution in [0.4, 0.5) is 0 Å². The lowest BCUT2D eigenvalue weighted by Crippen LogP contribution is -2.08. The average molecular weight is 536 g/mol. The van der Waals surface area contributed by atoms with Crippen LogP contribution in [-0.2, 0) is 0 Å². The van der Waals surface area contributed by atoms with Crippen molar-refractivity contribution in [3.63, 3.8) is 0 Å². The lowest BCUT2D eigenvalue weighted by atomic mass is 10.1. The summed E-state index contributed by atoms with van der Waals surface area (Å²) >= 11 is 4.67. The van der Waals surface area contributed by atoms with Crippen molar-refractivity contribution in [3.8, 4) is 11.5 Å². The van der Waals surface area contributed by atoms with Gasteiger partial charge in [0.05, 0.1) is 20.4 Å². The van der Waals surface area contributed by atoms with E-state index in [0.29, 0.717) is 13.2 Å². The molecule has 0 fully saturated rings. The third-order valence-electron chi connectivity index (χ3n) is 3.53. The highest BCUT2D eigenvalue weighted by atomic mass is 127. The summed E-state index contributed by atoms with van der Waals surface area (Å²) in [7, 11) is 0. The SMILES string of the molecule is Cc1cc(C)c(OCCCOc2c(C)cc(C)cc2I)c(I)c1. The van der Waals surface area contributed by atoms with Crippen LogP contribution in [0.25, 0.3) is 0 Å². The van der Waals surface area contributed by atoms with E-state index in [1.807, 2.05) is 0 Å². The molecular formula is C19H22I2O2. The van der Waals surface area contributed by atoms with Crippen molar-refractivity contribution in [2.24, 2.45) is 0 Å². The molecule has 124 valence electrons. The van der Waals surface area contributed by atoms with Gasteiger partial charge in [0.15, 0.2) is 0 Å². The zero-order valence-electron chi connectivity index (χ0n) is 14.0. The molecule has 0 aliphatic rings. The number of hydrogen-bond donors (Lipinski definition) is 0. The predicted octanol–water partition coefficient (Wildman–Crippen LogP) is 5.98. The number of rotatable bonds is 6. The monoisotopic (exact) mass is 536 g/mol. The quantitative estimate of drug-likeness (QED) is 0.335. The number of halogens is 2. The summed E-state index contributed by atoms with van der Waals surface area (Å²) in [5, 5.41) is 0. The fourth-order valence-corrected chi connectivity index (χ4v) is 4.72. The number of ether oxygens (including phenoxy) is 2. The van der Waals surface area contributed by atoms with Crippen molar-refractivity contribution in [3.05, 3.63) is 53.7 Å². The predicted molar refractivity (Wildman–Crippen MR) is 113 cm³/mol. The fraction of sp³-hybridized carbons (Fsp3) is 0.368. The minimum absolute atomic E-state index is 0.668. The number of aryl methyl sites for hydroxylation is 4. The maximum absolute atomic E-state index is 5.95. The lowest BCUT2D eigenvalue weighted by molar-refractivity contribution is 0.244. The first-order chi connectivity index (χ1) is 10.9. The van der Waals surface area contributed by atoms with E-state index in [1.54, 1.807) is 0 Å². The molecule has 0 aliphatic heterocycles. The van der Waals surface area contributed by atoms with E-state index >= 15 is 0 Å². The molecule has 23 heavy (non-hydrogen) atoms. The Morgan fingerprint density at radius 3 is 1.43 bits per heavy atom. The molecular weight excluding hydrogens is 514 g/mol. The van der Waals surface area contributed by atoms with Gasteiger partial charge in [-0.2, -0.15) is 0 Å². The van der Waals surface area contributed by atoms with Crippen LogP contribution in [-0.4, -0.2) is 13.2 Å². The van der Waals surface area contributed by atoms with Gasteiger partial charge >= 0.3 is 0 Å². The van der Waals surface area contributed by atoms with Crippen LogP contribution >= 0.6 is 45.2 Å². The molecule has 0 saturated carbocycles. The van der Waals surface area contributed by atoms with Crippen LogP contribution in [0.3, 0.4) is 0 Å². The van der Waals surface area contributed by atoms with Gasteiger partial charge in [0, 0.05) is 6.42 Å². The number of benzene rings is 2. The van der Waals surface area contributed by atoms with Crippen molar-refractivity contribution in [2.45, 2.75) is 34.1 Å². The van der Waals surface area contributed by atoms with Crippen molar-refractivity contribution in [2.75, 3.05) is 13.2 Å².